The first-order valence-electron chi connectivity index (χ1n) is 10.2. The second-order valence-electron chi connectivity index (χ2n) is 7.51. The molecule has 1 aliphatic heterocycles. The number of benzene rings is 2. The van der Waals surface area contributed by atoms with Crippen LogP contribution in [0.5, 0.6) is 0 Å². The van der Waals surface area contributed by atoms with Crippen molar-refractivity contribution >= 4 is 23.3 Å². The fourth-order valence-corrected chi connectivity index (χ4v) is 4.02. The lowest BCUT2D eigenvalue weighted by atomic mass is 9.94. The fourth-order valence-electron chi connectivity index (χ4n) is 3.90. The number of rotatable bonds is 4. The highest BCUT2D eigenvalue weighted by Gasteiger charge is 2.34. The van der Waals surface area contributed by atoms with Crippen LogP contribution in [0, 0.1) is 38.5 Å². The Bertz CT molecular complexity index is 1110. The van der Waals surface area contributed by atoms with Crippen LogP contribution in [-0.2, 0) is 0 Å². The van der Waals surface area contributed by atoms with Gasteiger partial charge in [0.25, 0.3) is 0 Å². The first kappa shape index (κ1) is 20.0. The third-order valence-electron chi connectivity index (χ3n) is 5.46. The lowest BCUT2D eigenvalue weighted by molar-refractivity contribution is 0.856. The van der Waals surface area contributed by atoms with Crippen molar-refractivity contribution in [1.82, 2.24) is 4.98 Å². The molecule has 1 atom stereocenters. The number of pyridine rings is 1. The number of aromatic nitrogens is 1. The van der Waals surface area contributed by atoms with Gasteiger partial charge in [0.05, 0.1) is 6.04 Å². The molecule has 31 heavy (non-hydrogen) atoms. The maximum atomic E-state index is 6.14. The molecule has 3 nitrogen and oxygen atoms in total. The van der Waals surface area contributed by atoms with E-state index in [1.165, 1.54) is 5.56 Å². The molecule has 4 heteroatoms. The van der Waals surface area contributed by atoms with Crippen molar-refractivity contribution in [3.05, 3.63) is 138 Å². The molecule has 0 amide bonds. The van der Waals surface area contributed by atoms with Crippen molar-refractivity contribution in [2.75, 3.05) is 4.90 Å². The summed E-state index contributed by atoms with van der Waals surface area (Å²) in [5.41, 5.74) is 4.42. The van der Waals surface area contributed by atoms with Gasteiger partial charge in [0.1, 0.15) is 11.7 Å². The summed E-state index contributed by atoms with van der Waals surface area (Å²) in [5.74, 6) is 2.85. The van der Waals surface area contributed by atoms with Crippen molar-refractivity contribution < 1.29 is 0 Å². The van der Waals surface area contributed by atoms with Gasteiger partial charge < -0.3 is 0 Å². The summed E-state index contributed by atoms with van der Waals surface area (Å²) in [5, 5.41) is 0.720. The summed E-state index contributed by atoms with van der Waals surface area (Å²) in [7, 11) is 0. The summed E-state index contributed by atoms with van der Waals surface area (Å²) in [6.45, 7) is 2.12. The number of aryl methyl sites for hydroxylation is 1. The van der Waals surface area contributed by atoms with Crippen LogP contribution < -0.4 is 4.90 Å². The molecule has 1 aromatic heterocycles. The normalized spacial score (nSPS) is 19.3. The number of amidine groups is 1. The fraction of sp³-hybridized carbons (Fsp3) is 0.0741. The van der Waals surface area contributed by atoms with Crippen LogP contribution in [0.4, 0.5) is 5.82 Å². The summed E-state index contributed by atoms with van der Waals surface area (Å²) in [4.78, 5) is 12.0. The molecular formula is C27H21ClN3. The molecule has 2 heterocycles. The lowest BCUT2D eigenvalue weighted by Gasteiger charge is -2.36. The largest absolute Gasteiger partial charge is 0.282 e. The van der Waals surface area contributed by atoms with Crippen LogP contribution in [-0.4, -0.2) is 10.8 Å². The minimum absolute atomic E-state index is 0.128. The molecule has 0 saturated heterocycles. The van der Waals surface area contributed by atoms with E-state index in [0.717, 1.165) is 39.4 Å². The van der Waals surface area contributed by atoms with E-state index in [4.69, 9.17) is 16.6 Å². The van der Waals surface area contributed by atoms with Gasteiger partial charge in [-0.05, 0) is 74.1 Å². The Labute approximate surface area is 189 Å². The summed E-state index contributed by atoms with van der Waals surface area (Å²) < 4.78 is 0. The van der Waals surface area contributed by atoms with Crippen LogP contribution in [0.2, 0.25) is 5.02 Å². The predicted octanol–water partition coefficient (Wildman–Crippen LogP) is 6.34. The maximum absolute atomic E-state index is 6.14. The van der Waals surface area contributed by atoms with Gasteiger partial charge in [-0.2, -0.15) is 0 Å². The third-order valence-corrected chi connectivity index (χ3v) is 5.72. The number of hydrogen-bond donors (Lipinski definition) is 0. The van der Waals surface area contributed by atoms with Gasteiger partial charge in [0, 0.05) is 28.4 Å². The van der Waals surface area contributed by atoms with Crippen LogP contribution in [0.1, 0.15) is 22.7 Å². The molecule has 0 spiro atoms. The highest BCUT2D eigenvalue weighted by Crippen LogP contribution is 2.40. The highest BCUT2D eigenvalue weighted by molar-refractivity contribution is 6.30. The van der Waals surface area contributed by atoms with E-state index in [0.29, 0.717) is 0 Å². The minimum Gasteiger partial charge on any atom is -0.282 e. The van der Waals surface area contributed by atoms with Crippen molar-refractivity contribution in [3.8, 4) is 0 Å². The van der Waals surface area contributed by atoms with Crippen LogP contribution in [0.15, 0.2) is 89.7 Å². The van der Waals surface area contributed by atoms with E-state index in [-0.39, 0.29) is 6.04 Å². The Morgan fingerprint density at radius 1 is 0.871 bits per heavy atom. The number of halogens is 1. The smallest absolute Gasteiger partial charge is 0.142 e. The number of allylic oxidation sites excluding steroid dienone is 1. The Kier molecular flexibility index (Phi) is 5.61. The Hall–Kier alpha value is -2.91. The molecule has 2 aromatic carbocycles. The molecule has 0 bridgehead atoms. The standard InChI is InChI=1S/C27H21ClN3/c1-19-8-2-5-11-23(19)27-30-24(20-13-15-22(28)16-14-20)18-25(21-9-3-4-10-21)31(27)26-12-6-7-17-29-26/h2-18,24H,1H3. The Balaban J connectivity index is 1.70. The summed E-state index contributed by atoms with van der Waals surface area (Å²) in [6, 6.07) is 22.1. The quantitative estimate of drug-likeness (QED) is 0.490. The predicted molar refractivity (Wildman–Crippen MR) is 127 cm³/mol. The van der Waals surface area contributed by atoms with E-state index < -0.39 is 0 Å². The summed E-state index contributed by atoms with van der Waals surface area (Å²) >= 11 is 6.14. The van der Waals surface area contributed by atoms with Gasteiger partial charge in [-0.25, -0.2) is 4.98 Å². The van der Waals surface area contributed by atoms with Crippen LogP contribution >= 0.6 is 11.6 Å². The molecule has 5 radical (unpaired) electrons. The van der Waals surface area contributed by atoms with E-state index in [1.54, 1.807) is 0 Å². The average Bonchev–Trinajstić information content (AvgIpc) is 3.35. The molecule has 3 aromatic rings. The van der Waals surface area contributed by atoms with Gasteiger partial charge in [-0.15, -0.1) is 0 Å². The van der Waals surface area contributed by atoms with E-state index in [1.807, 2.05) is 48.7 Å². The molecular weight excluding hydrogens is 402 g/mol. The molecule has 151 valence electrons. The molecule has 0 N–H and O–H groups in total. The van der Waals surface area contributed by atoms with Gasteiger partial charge in [0.2, 0.25) is 0 Å². The van der Waals surface area contributed by atoms with E-state index in [2.05, 4.69) is 72.8 Å². The SMILES string of the molecule is Cc1ccccc1C1=NC(c2ccc(Cl)cc2)C=C([C]2[CH][CH][CH][CH]2)N1c1ccccn1. The molecule has 2 aliphatic rings. The topological polar surface area (TPSA) is 28.5 Å². The number of nitrogens with zero attached hydrogens (tertiary/aromatic N) is 3. The van der Waals surface area contributed by atoms with Gasteiger partial charge >= 0.3 is 0 Å². The number of anilines is 1. The molecule has 1 fully saturated rings. The van der Waals surface area contributed by atoms with Gasteiger partial charge in [-0.3, -0.25) is 9.89 Å². The van der Waals surface area contributed by atoms with E-state index in [9.17, 15) is 0 Å². The zero-order chi connectivity index (χ0) is 21.2. The van der Waals surface area contributed by atoms with Crippen LogP contribution in [0.25, 0.3) is 0 Å². The second kappa shape index (κ2) is 8.68. The molecule has 1 unspecified atom stereocenters. The first-order chi connectivity index (χ1) is 15.2. The second-order valence-corrected chi connectivity index (χ2v) is 7.95. The monoisotopic (exact) mass is 422 g/mol. The van der Waals surface area contributed by atoms with Gasteiger partial charge in [0.15, 0.2) is 0 Å². The van der Waals surface area contributed by atoms with Crippen LogP contribution in [0.3, 0.4) is 0 Å². The Morgan fingerprint density at radius 3 is 2.32 bits per heavy atom. The first-order valence-corrected chi connectivity index (χ1v) is 10.6. The molecule has 1 saturated carbocycles. The highest BCUT2D eigenvalue weighted by atomic mass is 35.5. The van der Waals surface area contributed by atoms with Crippen molar-refractivity contribution in [2.45, 2.75) is 13.0 Å². The number of aliphatic imine (C=N–C) groups is 1. The zero-order valence-corrected chi connectivity index (χ0v) is 17.9. The average molecular weight is 423 g/mol. The maximum Gasteiger partial charge on any atom is 0.142 e. The van der Waals surface area contributed by atoms with E-state index >= 15 is 0 Å². The Morgan fingerprint density at radius 2 is 1.61 bits per heavy atom. The molecule has 5 rings (SSSR count). The third kappa shape index (κ3) is 4.03. The van der Waals surface area contributed by atoms with Gasteiger partial charge in [-0.1, -0.05) is 54.1 Å². The zero-order valence-electron chi connectivity index (χ0n) is 17.1. The minimum atomic E-state index is -0.128. The van der Waals surface area contributed by atoms with Crippen molar-refractivity contribution in [1.29, 1.82) is 0 Å². The van der Waals surface area contributed by atoms with Crippen molar-refractivity contribution in [2.24, 2.45) is 4.99 Å². The summed E-state index contributed by atoms with van der Waals surface area (Å²) in [6.07, 6.45) is 12.4. The molecule has 1 aliphatic carbocycles. The lowest BCUT2D eigenvalue weighted by Crippen LogP contribution is -2.37. The number of hydrogen-bond acceptors (Lipinski definition) is 3. The van der Waals surface area contributed by atoms with Crippen molar-refractivity contribution in [3.63, 3.8) is 0 Å².